The number of aryl methyl sites for hydroxylation is 2. The predicted octanol–water partition coefficient (Wildman–Crippen LogP) is 7.02. The molecule has 3 amide bonds. The minimum Gasteiger partial charge on any atom is -0.444 e. The Morgan fingerprint density at radius 1 is 1.00 bits per heavy atom. The molecule has 4 rings (SSSR count). The number of alkyl carbamates (subject to hydrolysis) is 1. The Bertz CT molecular complexity index is 1430. The van der Waals surface area contributed by atoms with E-state index < -0.39 is 23.8 Å². The topological polar surface area (TPSA) is 87.7 Å². The summed E-state index contributed by atoms with van der Waals surface area (Å²) in [5.41, 5.74) is 2.73. The number of hydrogen-bond donors (Lipinski definition) is 2. The van der Waals surface area contributed by atoms with Crippen molar-refractivity contribution in [2.75, 3.05) is 17.3 Å². The standard InChI is InChI=1S/C34H43N3O4S/c1-21-16-22(2)18-26(17-21)30(31(38)35-27-13-12-24-10-8-9-11-25(24)20-27)37(29-19-23(29)3)32(39)28(14-15-42-7)36-33(40)41-34(4,5)6/h8-13,16-18,20,23,28-30H,14-15,19H2,1-7H3,(H,35,38)(H,36,40). The summed E-state index contributed by atoms with van der Waals surface area (Å²) < 4.78 is 5.51. The lowest BCUT2D eigenvalue weighted by molar-refractivity contribution is -0.141. The summed E-state index contributed by atoms with van der Waals surface area (Å²) in [6, 6.07) is 18.0. The van der Waals surface area contributed by atoms with Crippen molar-refractivity contribution in [3.8, 4) is 0 Å². The number of amides is 3. The first-order valence-electron chi connectivity index (χ1n) is 14.5. The molecule has 0 radical (unpaired) electrons. The predicted molar refractivity (Wildman–Crippen MR) is 172 cm³/mol. The largest absolute Gasteiger partial charge is 0.444 e. The molecule has 224 valence electrons. The monoisotopic (exact) mass is 589 g/mol. The molecule has 42 heavy (non-hydrogen) atoms. The summed E-state index contributed by atoms with van der Waals surface area (Å²) in [6.07, 6.45) is 2.53. The number of anilines is 1. The quantitative estimate of drug-likeness (QED) is 0.265. The molecule has 1 aliphatic rings. The van der Waals surface area contributed by atoms with Crippen molar-refractivity contribution < 1.29 is 19.1 Å². The summed E-state index contributed by atoms with van der Waals surface area (Å²) in [6.45, 7) is 11.4. The zero-order chi connectivity index (χ0) is 30.6. The number of carbonyl (C=O) groups is 3. The molecule has 0 bridgehead atoms. The van der Waals surface area contributed by atoms with E-state index >= 15 is 0 Å². The van der Waals surface area contributed by atoms with Gasteiger partial charge >= 0.3 is 6.09 Å². The van der Waals surface area contributed by atoms with Crippen LogP contribution in [0.25, 0.3) is 10.8 Å². The molecular formula is C34H43N3O4S. The van der Waals surface area contributed by atoms with Gasteiger partial charge in [-0.05, 0) is 93.9 Å². The fourth-order valence-electron chi connectivity index (χ4n) is 5.38. The van der Waals surface area contributed by atoms with Crippen molar-refractivity contribution in [1.82, 2.24) is 10.2 Å². The fraction of sp³-hybridized carbons (Fsp3) is 0.441. The van der Waals surface area contributed by atoms with Crippen LogP contribution in [-0.4, -0.2) is 52.5 Å². The molecule has 1 fully saturated rings. The van der Waals surface area contributed by atoms with Gasteiger partial charge in [0, 0.05) is 11.7 Å². The molecule has 0 aromatic heterocycles. The van der Waals surface area contributed by atoms with E-state index in [1.54, 1.807) is 37.4 Å². The normalized spacial score (nSPS) is 17.7. The number of thioether (sulfide) groups is 1. The maximum atomic E-state index is 14.5. The molecule has 4 atom stereocenters. The lowest BCUT2D eigenvalue weighted by atomic mass is 9.97. The van der Waals surface area contributed by atoms with Gasteiger partial charge in [-0.15, -0.1) is 0 Å². The first-order valence-corrected chi connectivity index (χ1v) is 15.9. The minimum absolute atomic E-state index is 0.122. The van der Waals surface area contributed by atoms with Gasteiger partial charge in [-0.3, -0.25) is 9.59 Å². The van der Waals surface area contributed by atoms with Crippen LogP contribution in [0.4, 0.5) is 10.5 Å². The number of hydrogen-bond acceptors (Lipinski definition) is 5. The number of nitrogens with zero attached hydrogens (tertiary/aromatic N) is 1. The molecule has 1 aliphatic carbocycles. The van der Waals surface area contributed by atoms with E-state index in [0.717, 1.165) is 33.9 Å². The highest BCUT2D eigenvalue weighted by atomic mass is 32.2. The van der Waals surface area contributed by atoms with Crippen LogP contribution in [0.2, 0.25) is 0 Å². The number of benzene rings is 3. The van der Waals surface area contributed by atoms with Crippen molar-refractivity contribution in [1.29, 1.82) is 0 Å². The number of rotatable bonds is 10. The highest BCUT2D eigenvalue weighted by molar-refractivity contribution is 7.98. The summed E-state index contributed by atoms with van der Waals surface area (Å²) in [7, 11) is 0. The van der Waals surface area contributed by atoms with Gasteiger partial charge < -0.3 is 20.3 Å². The van der Waals surface area contributed by atoms with Crippen LogP contribution in [0.1, 0.15) is 63.3 Å². The lowest BCUT2D eigenvalue weighted by Crippen LogP contribution is -2.53. The zero-order valence-electron chi connectivity index (χ0n) is 25.7. The van der Waals surface area contributed by atoms with E-state index in [1.165, 1.54) is 0 Å². The van der Waals surface area contributed by atoms with Crippen LogP contribution in [0.5, 0.6) is 0 Å². The van der Waals surface area contributed by atoms with Gasteiger partial charge in [0.2, 0.25) is 5.91 Å². The van der Waals surface area contributed by atoms with E-state index in [4.69, 9.17) is 4.74 Å². The second-order valence-electron chi connectivity index (χ2n) is 12.4. The second-order valence-corrected chi connectivity index (χ2v) is 13.4. The SMILES string of the molecule is CSCCC(NC(=O)OC(C)(C)C)C(=O)N(C(C(=O)Nc1ccc2ccccc2c1)c1cc(C)cc(C)c1)C1CC1C. The molecule has 3 aromatic carbocycles. The molecule has 1 saturated carbocycles. The average molecular weight is 590 g/mol. The fourth-order valence-corrected chi connectivity index (χ4v) is 5.85. The van der Waals surface area contributed by atoms with Crippen molar-refractivity contribution in [3.05, 3.63) is 77.4 Å². The highest BCUT2D eigenvalue weighted by Gasteiger charge is 2.48. The molecule has 2 N–H and O–H groups in total. The third kappa shape index (κ3) is 8.06. The molecule has 3 aromatic rings. The van der Waals surface area contributed by atoms with Gasteiger partial charge in [0.05, 0.1) is 0 Å². The third-order valence-electron chi connectivity index (χ3n) is 7.38. The summed E-state index contributed by atoms with van der Waals surface area (Å²) >= 11 is 1.60. The van der Waals surface area contributed by atoms with Crippen molar-refractivity contribution in [2.24, 2.45) is 5.92 Å². The summed E-state index contributed by atoms with van der Waals surface area (Å²) in [5.74, 6) is 0.335. The summed E-state index contributed by atoms with van der Waals surface area (Å²) in [5, 5.41) is 8.03. The van der Waals surface area contributed by atoms with Crippen LogP contribution in [0.15, 0.2) is 60.7 Å². The third-order valence-corrected chi connectivity index (χ3v) is 8.03. The maximum Gasteiger partial charge on any atom is 0.408 e. The Morgan fingerprint density at radius 3 is 2.24 bits per heavy atom. The maximum absolute atomic E-state index is 14.5. The van der Waals surface area contributed by atoms with E-state index in [-0.39, 0.29) is 23.8 Å². The molecule has 4 unspecified atom stereocenters. The Kier molecular flexibility index (Phi) is 9.87. The Labute approximate surface area is 253 Å². The van der Waals surface area contributed by atoms with E-state index in [9.17, 15) is 14.4 Å². The molecule has 0 saturated heterocycles. The molecule has 0 spiro atoms. The number of nitrogens with one attached hydrogen (secondary N) is 2. The molecule has 7 nitrogen and oxygen atoms in total. The Hall–Kier alpha value is -3.52. The van der Waals surface area contributed by atoms with Crippen molar-refractivity contribution >= 4 is 46.1 Å². The van der Waals surface area contributed by atoms with Gasteiger partial charge in [-0.1, -0.05) is 66.6 Å². The summed E-state index contributed by atoms with van der Waals surface area (Å²) in [4.78, 5) is 43.3. The van der Waals surface area contributed by atoms with Gasteiger partial charge in [-0.2, -0.15) is 11.8 Å². The van der Waals surface area contributed by atoms with Crippen molar-refractivity contribution in [2.45, 2.75) is 78.1 Å². The van der Waals surface area contributed by atoms with E-state index in [2.05, 4.69) is 23.6 Å². The van der Waals surface area contributed by atoms with Crippen LogP contribution >= 0.6 is 11.8 Å². The molecule has 0 heterocycles. The van der Waals surface area contributed by atoms with Gasteiger partial charge in [0.1, 0.15) is 17.7 Å². The minimum atomic E-state index is -0.880. The van der Waals surface area contributed by atoms with Gasteiger partial charge in [0.25, 0.3) is 5.91 Å². The lowest BCUT2D eigenvalue weighted by Gasteiger charge is -2.35. The van der Waals surface area contributed by atoms with Crippen LogP contribution in [-0.2, 0) is 14.3 Å². The van der Waals surface area contributed by atoms with Crippen LogP contribution < -0.4 is 10.6 Å². The zero-order valence-corrected chi connectivity index (χ0v) is 26.5. The molecule has 0 aliphatic heterocycles. The number of carbonyl (C=O) groups excluding carboxylic acids is 3. The van der Waals surface area contributed by atoms with E-state index in [0.29, 0.717) is 17.9 Å². The van der Waals surface area contributed by atoms with Gasteiger partial charge in [0.15, 0.2) is 0 Å². The first-order chi connectivity index (χ1) is 19.9. The first kappa shape index (κ1) is 31.4. The number of ether oxygens (including phenoxy) is 1. The second kappa shape index (κ2) is 13.2. The van der Waals surface area contributed by atoms with Crippen LogP contribution in [0, 0.1) is 19.8 Å². The average Bonchev–Trinajstić information content (AvgIpc) is 3.62. The Morgan fingerprint density at radius 2 is 1.64 bits per heavy atom. The number of fused-ring (bicyclic) bond motifs is 1. The van der Waals surface area contributed by atoms with E-state index in [1.807, 2.05) is 74.7 Å². The molecular weight excluding hydrogens is 546 g/mol. The highest BCUT2D eigenvalue weighted by Crippen LogP contribution is 2.41. The smallest absolute Gasteiger partial charge is 0.408 e. The molecule has 8 heteroatoms. The van der Waals surface area contributed by atoms with Crippen molar-refractivity contribution in [3.63, 3.8) is 0 Å². The van der Waals surface area contributed by atoms with Gasteiger partial charge in [-0.25, -0.2) is 4.79 Å². The van der Waals surface area contributed by atoms with Crippen LogP contribution in [0.3, 0.4) is 0 Å². The Balaban J connectivity index is 1.73.